The summed E-state index contributed by atoms with van der Waals surface area (Å²) in [5, 5.41) is 1.05. The monoisotopic (exact) mass is 400 g/mol. The Morgan fingerprint density at radius 2 is 2.00 bits per heavy atom. The molecule has 1 amide bonds. The molecule has 5 nitrogen and oxygen atoms in total. The number of carbonyl (C=O) groups excluding carboxylic acids is 1. The molecule has 27 heavy (non-hydrogen) atoms. The summed E-state index contributed by atoms with van der Waals surface area (Å²) in [5.74, 6) is 2.75. The number of thioether (sulfide) groups is 1. The molecule has 0 saturated carbocycles. The third kappa shape index (κ3) is 4.36. The predicted molar refractivity (Wildman–Crippen MR) is 110 cm³/mol. The second-order valence-electron chi connectivity index (χ2n) is 6.34. The lowest BCUT2D eigenvalue weighted by atomic mass is 10.2. The predicted octanol–water partition coefficient (Wildman–Crippen LogP) is 3.83. The van der Waals surface area contributed by atoms with Crippen molar-refractivity contribution in [2.75, 3.05) is 26.0 Å². The molecule has 0 unspecified atom stereocenters. The maximum atomic E-state index is 12.4. The van der Waals surface area contributed by atoms with Crippen molar-refractivity contribution in [2.45, 2.75) is 11.9 Å². The molecule has 0 bridgehead atoms. The molecule has 0 fully saturated rings. The highest BCUT2D eigenvalue weighted by Gasteiger charge is 2.23. The number of hydrogen-bond acceptors (Lipinski definition) is 6. The topological polar surface area (TPSA) is 51.7 Å². The summed E-state index contributed by atoms with van der Waals surface area (Å²) in [7, 11) is 1.81. The minimum absolute atomic E-state index is 0.0866. The van der Waals surface area contributed by atoms with Crippen LogP contribution < -0.4 is 9.47 Å². The highest BCUT2D eigenvalue weighted by molar-refractivity contribution is 7.99. The van der Waals surface area contributed by atoms with Gasteiger partial charge < -0.3 is 14.4 Å². The number of rotatable bonds is 6. The normalized spacial score (nSPS) is 15.7. The number of aromatic nitrogens is 1. The summed E-state index contributed by atoms with van der Waals surface area (Å²) < 4.78 is 12.8. The van der Waals surface area contributed by atoms with Crippen molar-refractivity contribution in [2.24, 2.45) is 0 Å². The molecule has 0 saturated heterocycles. The molecular formula is C20H20N2O3S2. The third-order valence-corrected chi connectivity index (χ3v) is 6.41. The molecule has 140 valence electrons. The van der Waals surface area contributed by atoms with Crippen LogP contribution in [-0.4, -0.2) is 47.8 Å². The van der Waals surface area contributed by atoms with Crippen LogP contribution in [-0.2, 0) is 10.5 Å². The van der Waals surface area contributed by atoms with E-state index in [2.05, 4.69) is 11.1 Å². The summed E-state index contributed by atoms with van der Waals surface area (Å²) >= 11 is 3.28. The van der Waals surface area contributed by atoms with Gasteiger partial charge >= 0.3 is 0 Å². The molecular weight excluding hydrogens is 380 g/mol. The Bertz CT molecular complexity index is 911. The van der Waals surface area contributed by atoms with Crippen molar-refractivity contribution >= 4 is 39.2 Å². The number of thiazole rings is 1. The number of para-hydroxylation sites is 3. The number of ether oxygens (including phenoxy) is 2. The standard InChI is InChI=1S/C20H20N2O3S2/c1-22(10-14-11-24-16-7-3-4-8-17(16)25-14)20(23)13-26-12-19-21-15-6-2-5-9-18(15)27-19/h2-9,14H,10-13H2,1H3/t14-/m1/s1. The van der Waals surface area contributed by atoms with E-state index in [0.29, 0.717) is 18.9 Å². The third-order valence-electron chi connectivity index (χ3n) is 4.26. The smallest absolute Gasteiger partial charge is 0.232 e. The minimum Gasteiger partial charge on any atom is -0.486 e. The van der Waals surface area contributed by atoms with Gasteiger partial charge in [0, 0.05) is 12.8 Å². The number of nitrogens with zero attached hydrogens (tertiary/aromatic N) is 2. The van der Waals surface area contributed by atoms with Gasteiger partial charge in [0.15, 0.2) is 17.6 Å². The van der Waals surface area contributed by atoms with Gasteiger partial charge in [-0.2, -0.15) is 0 Å². The highest BCUT2D eigenvalue weighted by Crippen LogP contribution is 2.31. The Balaban J connectivity index is 1.24. The molecule has 2 aromatic carbocycles. The van der Waals surface area contributed by atoms with Gasteiger partial charge in [-0.05, 0) is 24.3 Å². The van der Waals surface area contributed by atoms with Crippen LogP contribution in [0.4, 0.5) is 0 Å². The Labute approximate surface area is 166 Å². The number of hydrogen-bond donors (Lipinski definition) is 0. The highest BCUT2D eigenvalue weighted by atomic mass is 32.2. The van der Waals surface area contributed by atoms with Crippen LogP contribution in [0.3, 0.4) is 0 Å². The number of carbonyl (C=O) groups is 1. The van der Waals surface area contributed by atoms with Crippen LogP contribution in [0.1, 0.15) is 5.01 Å². The first-order chi connectivity index (χ1) is 13.2. The SMILES string of the molecule is CN(C[C@@H]1COc2ccccc2O1)C(=O)CSCc1nc2ccccc2s1. The second-order valence-corrected chi connectivity index (χ2v) is 8.44. The van der Waals surface area contributed by atoms with Crippen molar-refractivity contribution in [1.29, 1.82) is 0 Å². The van der Waals surface area contributed by atoms with E-state index in [1.807, 2.05) is 49.5 Å². The summed E-state index contributed by atoms with van der Waals surface area (Å²) in [6, 6.07) is 15.7. The number of benzene rings is 2. The van der Waals surface area contributed by atoms with Crippen LogP contribution in [0.25, 0.3) is 10.2 Å². The van der Waals surface area contributed by atoms with Gasteiger partial charge in [0.05, 0.1) is 22.5 Å². The lowest BCUT2D eigenvalue weighted by Crippen LogP contribution is -2.42. The van der Waals surface area contributed by atoms with Gasteiger partial charge in [-0.25, -0.2) is 4.98 Å². The Morgan fingerprint density at radius 1 is 1.22 bits per heavy atom. The Kier molecular flexibility index (Phi) is 5.50. The lowest BCUT2D eigenvalue weighted by Gasteiger charge is -2.29. The molecule has 1 aliphatic rings. The summed E-state index contributed by atoms with van der Waals surface area (Å²) in [6.45, 7) is 0.961. The van der Waals surface area contributed by atoms with Crippen molar-refractivity contribution in [1.82, 2.24) is 9.88 Å². The van der Waals surface area contributed by atoms with Crippen molar-refractivity contribution in [3.05, 3.63) is 53.5 Å². The van der Waals surface area contributed by atoms with Crippen LogP contribution >= 0.6 is 23.1 Å². The Morgan fingerprint density at radius 3 is 2.85 bits per heavy atom. The van der Waals surface area contributed by atoms with E-state index in [1.54, 1.807) is 28.0 Å². The van der Waals surface area contributed by atoms with Crippen molar-refractivity contribution in [3.8, 4) is 11.5 Å². The molecule has 1 aliphatic heterocycles. The molecule has 1 aromatic heterocycles. The van der Waals surface area contributed by atoms with Gasteiger partial charge in [0.25, 0.3) is 0 Å². The number of likely N-dealkylation sites (N-methyl/N-ethyl adjacent to an activating group) is 1. The van der Waals surface area contributed by atoms with Crippen molar-refractivity contribution in [3.63, 3.8) is 0 Å². The Hall–Kier alpha value is -2.25. The molecule has 1 atom stereocenters. The zero-order valence-electron chi connectivity index (χ0n) is 15.0. The lowest BCUT2D eigenvalue weighted by molar-refractivity contribution is -0.128. The van der Waals surface area contributed by atoms with Gasteiger partial charge in [-0.15, -0.1) is 23.1 Å². The fourth-order valence-corrected chi connectivity index (χ4v) is 4.86. The summed E-state index contributed by atoms with van der Waals surface area (Å²) in [4.78, 5) is 18.7. The van der Waals surface area contributed by atoms with Gasteiger partial charge in [0.2, 0.25) is 5.91 Å². The molecule has 2 heterocycles. The maximum Gasteiger partial charge on any atom is 0.232 e. The maximum absolute atomic E-state index is 12.4. The fraction of sp³-hybridized carbons (Fsp3) is 0.300. The zero-order chi connectivity index (χ0) is 18.6. The fourth-order valence-electron chi connectivity index (χ4n) is 2.88. The quantitative estimate of drug-likeness (QED) is 0.629. The van der Waals surface area contributed by atoms with E-state index in [-0.39, 0.29) is 12.0 Å². The van der Waals surface area contributed by atoms with Crippen LogP contribution in [0.5, 0.6) is 11.5 Å². The van der Waals surface area contributed by atoms with E-state index in [1.165, 1.54) is 4.70 Å². The first-order valence-electron chi connectivity index (χ1n) is 8.73. The minimum atomic E-state index is -0.150. The van der Waals surface area contributed by atoms with E-state index in [4.69, 9.17) is 9.47 Å². The van der Waals surface area contributed by atoms with Gasteiger partial charge in [-0.1, -0.05) is 24.3 Å². The number of fused-ring (bicyclic) bond motifs is 2. The second kappa shape index (κ2) is 8.19. The van der Waals surface area contributed by atoms with E-state index in [0.717, 1.165) is 27.8 Å². The largest absolute Gasteiger partial charge is 0.486 e. The van der Waals surface area contributed by atoms with E-state index >= 15 is 0 Å². The van der Waals surface area contributed by atoms with Gasteiger partial charge in [0.1, 0.15) is 11.6 Å². The molecule has 0 aliphatic carbocycles. The molecule has 0 spiro atoms. The van der Waals surface area contributed by atoms with Crippen LogP contribution in [0.15, 0.2) is 48.5 Å². The van der Waals surface area contributed by atoms with Crippen molar-refractivity contribution < 1.29 is 14.3 Å². The zero-order valence-corrected chi connectivity index (χ0v) is 16.6. The first kappa shape index (κ1) is 18.1. The van der Waals surface area contributed by atoms with E-state index < -0.39 is 0 Å². The van der Waals surface area contributed by atoms with E-state index in [9.17, 15) is 4.79 Å². The van der Waals surface area contributed by atoms with Crippen LogP contribution in [0, 0.1) is 0 Å². The summed E-state index contributed by atoms with van der Waals surface area (Å²) in [5.41, 5.74) is 1.02. The summed E-state index contributed by atoms with van der Waals surface area (Å²) in [6.07, 6.45) is -0.150. The van der Waals surface area contributed by atoms with Crippen LogP contribution in [0.2, 0.25) is 0 Å². The molecule has 3 aromatic rings. The molecule has 7 heteroatoms. The average molecular weight is 401 g/mol. The molecule has 0 N–H and O–H groups in total. The van der Waals surface area contributed by atoms with Gasteiger partial charge in [-0.3, -0.25) is 4.79 Å². The first-order valence-corrected chi connectivity index (χ1v) is 10.7. The molecule has 0 radical (unpaired) electrons. The molecule has 4 rings (SSSR count). The number of amides is 1. The average Bonchev–Trinajstić information content (AvgIpc) is 3.10.